The van der Waals surface area contributed by atoms with Crippen molar-refractivity contribution in [2.24, 2.45) is 0 Å². The largest absolute Gasteiger partial charge is 0.472 e. The van der Waals surface area contributed by atoms with Crippen molar-refractivity contribution in [1.82, 2.24) is 9.97 Å². The molecule has 3 rings (SSSR count). The first-order chi connectivity index (χ1) is 8.24. The lowest BCUT2D eigenvalue weighted by atomic mass is 10.2. The van der Waals surface area contributed by atoms with Crippen LogP contribution < -0.4 is 4.74 Å². The van der Waals surface area contributed by atoms with Crippen LogP contribution in [-0.2, 0) is 4.74 Å². The number of halogens is 1. The van der Waals surface area contributed by atoms with Crippen molar-refractivity contribution in [3.8, 4) is 5.88 Å². The number of aromatic nitrogens is 2. The maximum Gasteiger partial charge on any atom is 0.218 e. The first kappa shape index (κ1) is 10.5. The van der Waals surface area contributed by atoms with Crippen LogP contribution in [0.25, 0.3) is 11.0 Å². The number of hydrogen-bond acceptors (Lipinski definition) is 3. The maximum absolute atomic E-state index is 13.3. The summed E-state index contributed by atoms with van der Waals surface area (Å²) in [4.78, 5) is 7.07. The van der Waals surface area contributed by atoms with Crippen molar-refractivity contribution < 1.29 is 13.9 Å². The minimum Gasteiger partial charge on any atom is -0.472 e. The average Bonchev–Trinajstić information content (AvgIpc) is 2.92. The number of H-pyrrole nitrogens is 1. The third-order valence-electron chi connectivity index (χ3n) is 2.93. The highest BCUT2D eigenvalue weighted by Gasteiger charge is 2.19. The number of nitrogens with one attached hydrogen (secondary N) is 1. The maximum atomic E-state index is 13.3. The molecule has 3 heterocycles. The highest BCUT2D eigenvalue weighted by Crippen LogP contribution is 2.24. The van der Waals surface area contributed by atoms with Crippen LogP contribution in [0.4, 0.5) is 4.39 Å². The number of nitrogens with zero attached hydrogens (tertiary/aromatic N) is 1. The fourth-order valence-electron chi connectivity index (χ4n) is 1.98. The zero-order valence-electron chi connectivity index (χ0n) is 9.50. The Morgan fingerprint density at radius 1 is 1.59 bits per heavy atom. The van der Waals surface area contributed by atoms with Crippen LogP contribution in [0, 0.1) is 12.7 Å². The van der Waals surface area contributed by atoms with E-state index in [2.05, 4.69) is 9.97 Å². The summed E-state index contributed by atoms with van der Waals surface area (Å²) in [5, 5.41) is 0.498. The Morgan fingerprint density at radius 3 is 3.24 bits per heavy atom. The number of ether oxygens (including phenoxy) is 2. The lowest BCUT2D eigenvalue weighted by Crippen LogP contribution is -2.17. The summed E-state index contributed by atoms with van der Waals surface area (Å²) in [5.74, 6) is 0.265. The fourth-order valence-corrected chi connectivity index (χ4v) is 1.98. The van der Waals surface area contributed by atoms with E-state index in [1.54, 1.807) is 6.07 Å². The highest BCUT2D eigenvalue weighted by molar-refractivity contribution is 5.77. The second-order valence-corrected chi connectivity index (χ2v) is 4.25. The lowest BCUT2D eigenvalue weighted by Gasteiger charge is -2.12. The van der Waals surface area contributed by atoms with Gasteiger partial charge in [-0.2, -0.15) is 4.98 Å². The van der Waals surface area contributed by atoms with Gasteiger partial charge in [0.25, 0.3) is 0 Å². The molecule has 1 aliphatic heterocycles. The van der Waals surface area contributed by atoms with Crippen molar-refractivity contribution >= 4 is 11.0 Å². The summed E-state index contributed by atoms with van der Waals surface area (Å²) < 4.78 is 24.3. The van der Waals surface area contributed by atoms with E-state index in [1.807, 2.05) is 6.92 Å². The van der Waals surface area contributed by atoms with Crippen LogP contribution in [0.1, 0.15) is 12.0 Å². The summed E-state index contributed by atoms with van der Waals surface area (Å²) >= 11 is 0. The lowest BCUT2D eigenvalue weighted by molar-refractivity contribution is 0.137. The van der Waals surface area contributed by atoms with E-state index >= 15 is 0 Å². The van der Waals surface area contributed by atoms with Gasteiger partial charge in [0.1, 0.15) is 17.6 Å². The van der Waals surface area contributed by atoms with E-state index in [9.17, 15) is 4.39 Å². The summed E-state index contributed by atoms with van der Waals surface area (Å²) in [6.45, 7) is 3.19. The molecule has 0 aromatic carbocycles. The quantitative estimate of drug-likeness (QED) is 0.869. The molecular weight excluding hydrogens is 223 g/mol. The standard InChI is InChI=1S/C12H13FN2O2/c1-7-4-9-10(13)5-14-11(9)15-12(7)17-8-2-3-16-6-8/h4-5,8H,2-3,6H2,1H3,(H,14,15). The fraction of sp³-hybridized carbons (Fsp3) is 0.417. The van der Waals surface area contributed by atoms with Gasteiger partial charge in [-0.05, 0) is 13.0 Å². The molecule has 90 valence electrons. The first-order valence-electron chi connectivity index (χ1n) is 5.62. The average molecular weight is 236 g/mol. The van der Waals surface area contributed by atoms with Gasteiger partial charge in [0.2, 0.25) is 5.88 Å². The Morgan fingerprint density at radius 2 is 2.47 bits per heavy atom. The van der Waals surface area contributed by atoms with E-state index in [1.165, 1.54) is 6.20 Å². The monoisotopic (exact) mass is 236 g/mol. The minimum atomic E-state index is -0.286. The van der Waals surface area contributed by atoms with Crippen molar-refractivity contribution in [3.05, 3.63) is 23.6 Å². The molecule has 0 aliphatic carbocycles. The molecule has 0 spiro atoms. The Bertz CT molecular complexity index is 547. The van der Waals surface area contributed by atoms with Gasteiger partial charge in [-0.1, -0.05) is 0 Å². The zero-order chi connectivity index (χ0) is 11.8. The van der Waals surface area contributed by atoms with Crippen LogP contribution in [-0.4, -0.2) is 29.3 Å². The molecule has 0 radical (unpaired) electrons. The van der Waals surface area contributed by atoms with Crippen LogP contribution in [0.2, 0.25) is 0 Å². The molecule has 1 atom stereocenters. The molecule has 4 nitrogen and oxygen atoms in total. The minimum absolute atomic E-state index is 0.0541. The summed E-state index contributed by atoms with van der Waals surface area (Å²) in [5.41, 5.74) is 1.35. The SMILES string of the molecule is Cc1cc2c(F)c[nH]c2nc1OC1CCOC1. The zero-order valence-corrected chi connectivity index (χ0v) is 9.50. The number of aryl methyl sites for hydroxylation is 1. The van der Waals surface area contributed by atoms with Gasteiger partial charge < -0.3 is 14.5 Å². The van der Waals surface area contributed by atoms with Gasteiger partial charge >= 0.3 is 0 Å². The van der Waals surface area contributed by atoms with Gasteiger partial charge in [-0.25, -0.2) is 4.39 Å². The Kier molecular flexibility index (Phi) is 2.48. The van der Waals surface area contributed by atoms with Crippen LogP contribution >= 0.6 is 0 Å². The van der Waals surface area contributed by atoms with Gasteiger partial charge in [0.15, 0.2) is 0 Å². The highest BCUT2D eigenvalue weighted by atomic mass is 19.1. The number of hydrogen-bond donors (Lipinski definition) is 1. The second kappa shape index (κ2) is 4.00. The van der Waals surface area contributed by atoms with Crippen molar-refractivity contribution in [3.63, 3.8) is 0 Å². The van der Waals surface area contributed by atoms with Crippen molar-refractivity contribution in [2.45, 2.75) is 19.4 Å². The number of fused-ring (bicyclic) bond motifs is 1. The number of aromatic amines is 1. The predicted molar refractivity (Wildman–Crippen MR) is 60.6 cm³/mol. The van der Waals surface area contributed by atoms with Gasteiger partial charge in [-0.15, -0.1) is 0 Å². The number of rotatable bonds is 2. The van der Waals surface area contributed by atoms with E-state index in [0.29, 0.717) is 23.5 Å². The number of pyridine rings is 1. The van der Waals surface area contributed by atoms with Crippen molar-refractivity contribution in [2.75, 3.05) is 13.2 Å². The molecule has 0 saturated carbocycles. The van der Waals surface area contributed by atoms with E-state index < -0.39 is 0 Å². The molecule has 0 amide bonds. The van der Waals surface area contributed by atoms with Crippen LogP contribution in [0.15, 0.2) is 12.3 Å². The second-order valence-electron chi connectivity index (χ2n) is 4.25. The van der Waals surface area contributed by atoms with E-state index in [4.69, 9.17) is 9.47 Å². The molecule has 1 N–H and O–H groups in total. The molecule has 2 aromatic rings. The summed E-state index contributed by atoms with van der Waals surface area (Å²) in [6, 6.07) is 1.75. The molecule has 1 unspecified atom stereocenters. The van der Waals surface area contributed by atoms with Crippen LogP contribution in [0.3, 0.4) is 0 Å². The Hall–Kier alpha value is -1.62. The molecule has 2 aromatic heterocycles. The predicted octanol–water partition coefficient (Wildman–Crippen LogP) is 2.18. The molecule has 1 fully saturated rings. The Balaban J connectivity index is 1.95. The Labute approximate surface area is 97.8 Å². The topological polar surface area (TPSA) is 47.1 Å². The van der Waals surface area contributed by atoms with Gasteiger partial charge in [0.05, 0.1) is 18.6 Å². The summed E-state index contributed by atoms with van der Waals surface area (Å²) in [7, 11) is 0. The molecule has 5 heteroatoms. The molecule has 1 saturated heterocycles. The molecular formula is C12H13FN2O2. The molecule has 1 aliphatic rings. The van der Waals surface area contributed by atoms with Gasteiger partial charge in [0, 0.05) is 18.2 Å². The normalized spacial score (nSPS) is 20.0. The molecule has 0 bridgehead atoms. The van der Waals surface area contributed by atoms with Gasteiger partial charge in [-0.3, -0.25) is 0 Å². The van der Waals surface area contributed by atoms with E-state index in [-0.39, 0.29) is 11.9 Å². The van der Waals surface area contributed by atoms with E-state index in [0.717, 1.165) is 18.6 Å². The molecule has 17 heavy (non-hydrogen) atoms. The third-order valence-corrected chi connectivity index (χ3v) is 2.93. The third kappa shape index (κ3) is 1.86. The first-order valence-corrected chi connectivity index (χ1v) is 5.62. The summed E-state index contributed by atoms with van der Waals surface area (Å²) in [6.07, 6.45) is 2.23. The van der Waals surface area contributed by atoms with Crippen LogP contribution in [0.5, 0.6) is 5.88 Å². The smallest absolute Gasteiger partial charge is 0.218 e. The van der Waals surface area contributed by atoms with Crippen molar-refractivity contribution in [1.29, 1.82) is 0 Å².